The van der Waals surface area contributed by atoms with Gasteiger partial charge in [-0.3, -0.25) is 0 Å². The van der Waals surface area contributed by atoms with Crippen LogP contribution in [-0.4, -0.2) is 0 Å². The van der Waals surface area contributed by atoms with E-state index in [1.165, 1.54) is 12.0 Å². The van der Waals surface area contributed by atoms with E-state index in [4.69, 9.17) is 0 Å². The first kappa shape index (κ1) is 6.60. The molecule has 9 heavy (non-hydrogen) atoms. The zero-order valence-electron chi connectivity index (χ0n) is 6.09. The molecule has 1 unspecified atom stereocenters. The minimum atomic E-state index is 0.690. The third-order valence-electron chi connectivity index (χ3n) is 1.67. The van der Waals surface area contributed by atoms with Gasteiger partial charge in [-0.1, -0.05) is 30.7 Å². The van der Waals surface area contributed by atoms with Gasteiger partial charge in [0.05, 0.1) is 0 Å². The van der Waals surface area contributed by atoms with Gasteiger partial charge in [0.25, 0.3) is 0 Å². The van der Waals surface area contributed by atoms with Gasteiger partial charge in [0.2, 0.25) is 0 Å². The number of hydrogen-bond acceptors (Lipinski definition) is 0. The average Bonchev–Trinajstić information content (AvgIpc) is 1.88. The summed E-state index contributed by atoms with van der Waals surface area (Å²) in [5, 5.41) is 0. The standard InChI is InChI=1S/C9H13/c1-3-9-6-4-5-8(2)7-9/h4-7,9H,3H2,1-2H3. The van der Waals surface area contributed by atoms with Crippen molar-refractivity contribution < 1.29 is 0 Å². The van der Waals surface area contributed by atoms with Crippen molar-refractivity contribution in [2.45, 2.75) is 20.3 Å². The van der Waals surface area contributed by atoms with Gasteiger partial charge in [-0.05, 0) is 25.7 Å². The summed E-state index contributed by atoms with van der Waals surface area (Å²) in [4.78, 5) is 0. The largest absolute Gasteiger partial charge is 0.0808 e. The molecule has 0 amide bonds. The molecule has 0 heteroatoms. The van der Waals surface area contributed by atoms with E-state index in [0.717, 1.165) is 0 Å². The van der Waals surface area contributed by atoms with Gasteiger partial charge in [-0.25, -0.2) is 0 Å². The Labute approximate surface area is 57.3 Å². The zero-order valence-corrected chi connectivity index (χ0v) is 6.09. The molecule has 1 rings (SSSR count). The van der Waals surface area contributed by atoms with E-state index in [1.807, 2.05) is 0 Å². The predicted molar refractivity (Wildman–Crippen MR) is 41.0 cm³/mol. The van der Waals surface area contributed by atoms with E-state index in [9.17, 15) is 0 Å². The van der Waals surface area contributed by atoms with E-state index in [1.54, 1.807) is 0 Å². The molecule has 0 aromatic carbocycles. The highest BCUT2D eigenvalue weighted by Gasteiger charge is 2.04. The topological polar surface area (TPSA) is 0 Å². The smallest absolute Gasteiger partial charge is 0.00686 e. The Morgan fingerprint density at radius 3 is 2.78 bits per heavy atom. The maximum atomic E-state index is 2.31. The molecule has 0 saturated heterocycles. The van der Waals surface area contributed by atoms with Crippen molar-refractivity contribution in [3.05, 3.63) is 30.2 Å². The Bertz CT molecular complexity index is 140. The van der Waals surface area contributed by atoms with Crippen molar-refractivity contribution in [3.63, 3.8) is 0 Å². The van der Waals surface area contributed by atoms with Crippen molar-refractivity contribution in [1.82, 2.24) is 0 Å². The molecule has 49 valence electrons. The molecule has 0 saturated carbocycles. The summed E-state index contributed by atoms with van der Waals surface area (Å²) in [6, 6.07) is 0. The van der Waals surface area contributed by atoms with Crippen LogP contribution in [0.1, 0.15) is 20.3 Å². The summed E-state index contributed by atoms with van der Waals surface area (Å²) >= 11 is 0. The van der Waals surface area contributed by atoms with Crippen LogP contribution in [-0.2, 0) is 0 Å². The lowest BCUT2D eigenvalue weighted by Crippen LogP contribution is -1.98. The van der Waals surface area contributed by atoms with Crippen molar-refractivity contribution in [2.24, 2.45) is 5.92 Å². The predicted octanol–water partition coefficient (Wildman–Crippen LogP) is 2.73. The fourth-order valence-corrected chi connectivity index (χ4v) is 1.05. The summed E-state index contributed by atoms with van der Waals surface area (Å²) in [6.07, 6.45) is 10.1. The van der Waals surface area contributed by atoms with Crippen LogP contribution in [0.5, 0.6) is 0 Å². The maximum absolute atomic E-state index is 2.31. The molecule has 0 spiro atoms. The first-order chi connectivity index (χ1) is 4.33. The zero-order chi connectivity index (χ0) is 6.69. The van der Waals surface area contributed by atoms with E-state index in [2.05, 4.69) is 38.5 Å². The monoisotopic (exact) mass is 121 g/mol. The van der Waals surface area contributed by atoms with Crippen molar-refractivity contribution in [3.8, 4) is 0 Å². The van der Waals surface area contributed by atoms with Gasteiger partial charge in [0.15, 0.2) is 0 Å². The molecule has 0 bridgehead atoms. The maximum Gasteiger partial charge on any atom is -0.00686 e. The highest BCUT2D eigenvalue weighted by Crippen LogP contribution is 2.18. The second kappa shape index (κ2) is 2.86. The molecule has 0 fully saturated rings. The van der Waals surface area contributed by atoms with Gasteiger partial charge in [0, 0.05) is 0 Å². The molecular weight excluding hydrogens is 108 g/mol. The molecule has 0 N–H and O–H groups in total. The fraction of sp³-hybridized carbons (Fsp3) is 0.444. The number of rotatable bonds is 1. The van der Waals surface area contributed by atoms with Crippen LogP contribution >= 0.6 is 0 Å². The average molecular weight is 121 g/mol. The SMILES string of the molecule is CCC1[CH]C(C)=CC=C1. The van der Waals surface area contributed by atoms with E-state index in [0.29, 0.717) is 5.92 Å². The fourth-order valence-electron chi connectivity index (χ4n) is 1.05. The summed E-state index contributed by atoms with van der Waals surface area (Å²) in [5.41, 5.74) is 1.39. The van der Waals surface area contributed by atoms with Crippen LogP contribution in [0.3, 0.4) is 0 Å². The highest BCUT2D eigenvalue weighted by molar-refractivity contribution is 5.26. The van der Waals surface area contributed by atoms with Gasteiger partial charge in [0.1, 0.15) is 0 Å². The summed E-state index contributed by atoms with van der Waals surface area (Å²) in [5.74, 6) is 0.690. The summed E-state index contributed by atoms with van der Waals surface area (Å²) in [6.45, 7) is 4.36. The molecule has 0 aromatic heterocycles. The number of hydrogen-bond donors (Lipinski definition) is 0. The van der Waals surface area contributed by atoms with Crippen LogP contribution in [0.25, 0.3) is 0 Å². The van der Waals surface area contributed by atoms with Crippen LogP contribution in [0.4, 0.5) is 0 Å². The molecule has 0 nitrogen and oxygen atoms in total. The lowest BCUT2D eigenvalue weighted by Gasteiger charge is -2.12. The van der Waals surface area contributed by atoms with Crippen LogP contribution in [0, 0.1) is 12.3 Å². The second-order valence-corrected chi connectivity index (χ2v) is 2.53. The van der Waals surface area contributed by atoms with E-state index < -0.39 is 0 Å². The molecule has 1 atom stereocenters. The Morgan fingerprint density at radius 1 is 1.56 bits per heavy atom. The minimum Gasteiger partial charge on any atom is -0.0808 e. The van der Waals surface area contributed by atoms with Crippen molar-refractivity contribution in [2.75, 3.05) is 0 Å². The van der Waals surface area contributed by atoms with Crippen LogP contribution in [0.15, 0.2) is 23.8 Å². The number of allylic oxidation sites excluding steroid dienone is 4. The first-order valence-corrected chi connectivity index (χ1v) is 3.53. The molecular formula is C9H13. The lowest BCUT2D eigenvalue weighted by atomic mass is 9.93. The molecule has 1 aliphatic rings. The third kappa shape index (κ3) is 1.70. The Kier molecular flexibility index (Phi) is 2.10. The van der Waals surface area contributed by atoms with Gasteiger partial charge >= 0.3 is 0 Å². The van der Waals surface area contributed by atoms with Crippen molar-refractivity contribution >= 4 is 0 Å². The van der Waals surface area contributed by atoms with Crippen molar-refractivity contribution in [1.29, 1.82) is 0 Å². The highest BCUT2D eigenvalue weighted by atomic mass is 14.1. The van der Waals surface area contributed by atoms with Crippen LogP contribution < -0.4 is 0 Å². The van der Waals surface area contributed by atoms with Gasteiger partial charge < -0.3 is 0 Å². The Balaban J connectivity index is 2.51. The molecule has 0 heterocycles. The Hall–Kier alpha value is -0.520. The quantitative estimate of drug-likeness (QED) is 0.500. The minimum absolute atomic E-state index is 0.690. The molecule has 1 aliphatic carbocycles. The van der Waals surface area contributed by atoms with Gasteiger partial charge in [-0.2, -0.15) is 0 Å². The lowest BCUT2D eigenvalue weighted by molar-refractivity contribution is 0.721. The van der Waals surface area contributed by atoms with E-state index >= 15 is 0 Å². The molecule has 0 aliphatic heterocycles. The van der Waals surface area contributed by atoms with E-state index in [-0.39, 0.29) is 0 Å². The second-order valence-electron chi connectivity index (χ2n) is 2.53. The third-order valence-corrected chi connectivity index (χ3v) is 1.67. The normalized spacial score (nSPS) is 26.0. The summed E-state index contributed by atoms with van der Waals surface area (Å²) in [7, 11) is 0. The molecule has 0 aromatic rings. The Morgan fingerprint density at radius 2 is 2.33 bits per heavy atom. The summed E-state index contributed by atoms with van der Waals surface area (Å²) < 4.78 is 0. The molecule has 1 radical (unpaired) electrons. The van der Waals surface area contributed by atoms with Gasteiger partial charge in [-0.15, -0.1) is 0 Å². The van der Waals surface area contributed by atoms with Crippen LogP contribution in [0.2, 0.25) is 0 Å². The first-order valence-electron chi connectivity index (χ1n) is 3.53.